The van der Waals surface area contributed by atoms with Gasteiger partial charge in [0, 0.05) is 72.3 Å². The van der Waals surface area contributed by atoms with Crippen molar-refractivity contribution in [3.8, 4) is 0 Å². The van der Waals surface area contributed by atoms with Crippen LogP contribution in [-0.2, 0) is 0 Å². The van der Waals surface area contributed by atoms with Gasteiger partial charge in [-0.1, -0.05) is 84.9 Å². The van der Waals surface area contributed by atoms with Crippen LogP contribution in [0, 0.1) is 13.8 Å². The first-order valence-electron chi connectivity index (χ1n) is 16.0. The molecule has 3 heteroatoms. The van der Waals surface area contributed by atoms with Gasteiger partial charge in [0.1, 0.15) is 0 Å². The Kier molecular flexibility index (Phi) is 10.3. The summed E-state index contributed by atoms with van der Waals surface area (Å²) in [5.74, 6) is 0. The molecule has 3 nitrogen and oxygen atoms in total. The molecule has 1 aliphatic carbocycles. The molecule has 0 aliphatic heterocycles. The quantitative estimate of drug-likeness (QED) is 0.188. The third kappa shape index (κ3) is 7.44. The van der Waals surface area contributed by atoms with Crippen LogP contribution in [0.4, 0.5) is 22.7 Å². The van der Waals surface area contributed by atoms with E-state index in [9.17, 15) is 0 Å². The molecule has 45 heavy (non-hydrogen) atoms. The normalized spacial score (nSPS) is 15.8. The van der Waals surface area contributed by atoms with Crippen LogP contribution in [0.25, 0.3) is 0 Å². The van der Waals surface area contributed by atoms with Gasteiger partial charge >= 0.3 is 0 Å². The molecule has 0 unspecified atom stereocenters. The monoisotopic (exact) mass is 592 g/mol. The molecule has 4 aromatic carbocycles. The molecule has 0 N–H and O–H groups in total. The molecule has 0 amide bonds. The first kappa shape index (κ1) is 31.5. The zero-order valence-electron chi connectivity index (χ0n) is 27.7. The number of aryl methyl sites for hydroxylation is 2. The molecular weight excluding hydrogens is 546 g/mol. The standard InChI is InChI=1S/C42H46N3/c1-32-18-13-15-26-40(32)43(5)34(3)28-30-36-20-17-21-37(31-29-35(4)44(6)41-27-16-14-19-33(41)2)42(36)45(38-22-9-7-10-23-38)39-24-11-8-12-25-39/h7-16,18-19,22-31H,17,20-21H2,1-6H3/q+1. The number of nitrogens with zero attached hydrogens (tertiary/aromatic N) is 3. The first-order chi connectivity index (χ1) is 21.8. The van der Waals surface area contributed by atoms with Gasteiger partial charge in [-0.3, -0.25) is 0 Å². The van der Waals surface area contributed by atoms with Crippen molar-refractivity contribution >= 4 is 28.5 Å². The van der Waals surface area contributed by atoms with Crippen molar-refractivity contribution in [2.45, 2.75) is 47.0 Å². The summed E-state index contributed by atoms with van der Waals surface area (Å²) in [5, 5.41) is 0. The van der Waals surface area contributed by atoms with Crippen molar-refractivity contribution in [3.05, 3.63) is 167 Å². The van der Waals surface area contributed by atoms with E-state index < -0.39 is 0 Å². The van der Waals surface area contributed by atoms with Gasteiger partial charge < -0.3 is 9.80 Å². The van der Waals surface area contributed by atoms with Crippen LogP contribution in [0.2, 0.25) is 0 Å². The van der Waals surface area contributed by atoms with E-state index in [0.29, 0.717) is 0 Å². The van der Waals surface area contributed by atoms with E-state index in [1.165, 1.54) is 50.8 Å². The molecule has 228 valence electrons. The van der Waals surface area contributed by atoms with E-state index in [1.54, 1.807) is 0 Å². The van der Waals surface area contributed by atoms with Crippen LogP contribution in [0.1, 0.15) is 44.2 Å². The van der Waals surface area contributed by atoms with Crippen molar-refractivity contribution < 1.29 is 0 Å². The molecule has 0 heterocycles. The van der Waals surface area contributed by atoms with Gasteiger partial charge in [0.25, 0.3) is 0 Å². The topological polar surface area (TPSA) is 9.49 Å². The van der Waals surface area contributed by atoms with E-state index in [2.05, 4.69) is 190 Å². The van der Waals surface area contributed by atoms with Gasteiger partial charge in [0.2, 0.25) is 17.1 Å². The van der Waals surface area contributed by atoms with Gasteiger partial charge in [-0.2, -0.15) is 4.58 Å². The summed E-state index contributed by atoms with van der Waals surface area (Å²) >= 11 is 0. The van der Waals surface area contributed by atoms with Gasteiger partial charge in [0.05, 0.1) is 0 Å². The lowest BCUT2D eigenvalue weighted by Gasteiger charge is -2.23. The minimum Gasteiger partial charge on any atom is -0.348 e. The van der Waals surface area contributed by atoms with E-state index >= 15 is 0 Å². The fourth-order valence-corrected chi connectivity index (χ4v) is 6.01. The van der Waals surface area contributed by atoms with Crippen LogP contribution >= 0.6 is 0 Å². The minimum atomic E-state index is 1.02. The molecule has 0 bridgehead atoms. The molecule has 1 saturated carbocycles. The molecule has 0 saturated heterocycles. The second-order valence-corrected chi connectivity index (χ2v) is 11.9. The molecule has 4 aromatic rings. The number of para-hydroxylation sites is 4. The molecule has 0 atom stereocenters. The summed E-state index contributed by atoms with van der Waals surface area (Å²) in [6.45, 7) is 8.74. The zero-order chi connectivity index (χ0) is 31.8. The van der Waals surface area contributed by atoms with Crippen LogP contribution in [0.15, 0.2) is 156 Å². The largest absolute Gasteiger partial charge is 0.348 e. The summed E-state index contributed by atoms with van der Waals surface area (Å²) in [7, 11) is 4.31. The fraction of sp³-hybridized carbons (Fsp3) is 0.214. The molecule has 0 spiro atoms. The van der Waals surface area contributed by atoms with Crippen molar-refractivity contribution in [1.29, 1.82) is 0 Å². The highest BCUT2D eigenvalue weighted by Gasteiger charge is 2.30. The average Bonchev–Trinajstić information content (AvgIpc) is 3.07. The molecule has 0 aromatic heterocycles. The molecule has 0 radical (unpaired) electrons. The first-order valence-corrected chi connectivity index (χ1v) is 16.0. The maximum atomic E-state index is 2.44. The average molecular weight is 593 g/mol. The van der Waals surface area contributed by atoms with Crippen molar-refractivity contribution in [1.82, 2.24) is 4.58 Å². The Morgan fingerprint density at radius 2 is 0.933 bits per heavy atom. The van der Waals surface area contributed by atoms with E-state index in [0.717, 1.165) is 30.6 Å². The molecular formula is C42H46N3+. The Balaban J connectivity index is 1.66. The highest BCUT2D eigenvalue weighted by Crippen LogP contribution is 2.32. The van der Waals surface area contributed by atoms with Crippen molar-refractivity contribution in [2.75, 3.05) is 23.9 Å². The lowest BCUT2D eigenvalue weighted by atomic mass is 9.86. The van der Waals surface area contributed by atoms with Gasteiger partial charge in [-0.25, -0.2) is 0 Å². The van der Waals surface area contributed by atoms with E-state index in [-0.39, 0.29) is 0 Å². The second kappa shape index (κ2) is 14.7. The summed E-state index contributed by atoms with van der Waals surface area (Å²) in [4.78, 5) is 4.57. The van der Waals surface area contributed by atoms with Crippen LogP contribution < -0.4 is 14.4 Å². The Hall–Kier alpha value is -4.89. The van der Waals surface area contributed by atoms with Gasteiger partial charge in [-0.05, 0) is 82.4 Å². The van der Waals surface area contributed by atoms with Crippen molar-refractivity contribution in [2.24, 2.45) is 0 Å². The smallest absolute Gasteiger partial charge is 0.218 e. The number of rotatable bonds is 8. The van der Waals surface area contributed by atoms with Crippen LogP contribution in [-0.4, -0.2) is 19.8 Å². The molecule has 1 aliphatic rings. The highest BCUT2D eigenvalue weighted by molar-refractivity contribution is 6.15. The predicted molar refractivity (Wildman–Crippen MR) is 196 cm³/mol. The Morgan fingerprint density at radius 3 is 1.33 bits per heavy atom. The zero-order valence-corrected chi connectivity index (χ0v) is 27.7. The van der Waals surface area contributed by atoms with Crippen LogP contribution in [0.3, 0.4) is 0 Å². The van der Waals surface area contributed by atoms with Crippen LogP contribution in [0.5, 0.6) is 0 Å². The Morgan fingerprint density at radius 1 is 0.556 bits per heavy atom. The number of benzene rings is 4. The maximum Gasteiger partial charge on any atom is 0.218 e. The number of allylic oxidation sites excluding steroid dienone is 8. The number of anilines is 2. The summed E-state index contributed by atoms with van der Waals surface area (Å²) in [6, 6.07) is 38.7. The maximum absolute atomic E-state index is 2.44. The number of hydrogen-bond donors (Lipinski definition) is 0. The predicted octanol–water partition coefficient (Wildman–Crippen LogP) is 10.7. The Labute approximate surface area is 270 Å². The molecule has 5 rings (SSSR count). The lowest BCUT2D eigenvalue weighted by Crippen LogP contribution is -2.25. The third-order valence-electron chi connectivity index (χ3n) is 8.82. The lowest BCUT2D eigenvalue weighted by molar-refractivity contribution is 0.802. The minimum absolute atomic E-state index is 1.02. The summed E-state index contributed by atoms with van der Waals surface area (Å²) in [5.41, 5.74) is 13.7. The second-order valence-electron chi connectivity index (χ2n) is 11.9. The fourth-order valence-electron chi connectivity index (χ4n) is 6.01. The van der Waals surface area contributed by atoms with Gasteiger partial charge in [0.15, 0.2) is 0 Å². The third-order valence-corrected chi connectivity index (χ3v) is 8.82. The van der Waals surface area contributed by atoms with Crippen molar-refractivity contribution in [3.63, 3.8) is 0 Å². The SMILES string of the molecule is CC(=CC=C1CCC/C(=C\C=C(/C)N(C)c2ccccc2C)C1=[N+](c1ccccc1)c1ccccc1)N(C)c1ccccc1C. The Bertz CT molecular complexity index is 1640. The summed E-state index contributed by atoms with van der Waals surface area (Å²) < 4.78 is 2.44. The van der Waals surface area contributed by atoms with E-state index in [4.69, 9.17) is 0 Å². The highest BCUT2D eigenvalue weighted by atomic mass is 15.1. The molecule has 1 fully saturated rings. The van der Waals surface area contributed by atoms with E-state index in [1.807, 2.05) is 0 Å². The number of hydrogen-bond acceptors (Lipinski definition) is 2. The summed E-state index contributed by atoms with van der Waals surface area (Å²) in [6.07, 6.45) is 12.4. The van der Waals surface area contributed by atoms with Gasteiger partial charge in [-0.15, -0.1) is 0 Å².